The van der Waals surface area contributed by atoms with Gasteiger partial charge in [0.1, 0.15) is 28.4 Å². The summed E-state index contributed by atoms with van der Waals surface area (Å²) in [4.78, 5) is 32.5. The number of fused-ring (bicyclic) bond motifs is 1. The molecule has 0 saturated carbocycles. The van der Waals surface area contributed by atoms with Gasteiger partial charge in [-0.1, -0.05) is 0 Å². The molecule has 7 nitrogen and oxygen atoms in total. The Labute approximate surface area is 168 Å². The molecular formula is C20H23N5O2S. The molecule has 8 heteroatoms. The molecule has 1 aliphatic heterocycles. The highest BCUT2D eigenvalue weighted by Gasteiger charge is 2.25. The maximum Gasteiger partial charge on any atom is 0.342 e. The van der Waals surface area contributed by atoms with E-state index in [-0.39, 0.29) is 12.1 Å². The van der Waals surface area contributed by atoms with E-state index in [1.807, 2.05) is 13.8 Å². The molecule has 3 aromatic rings. The highest BCUT2D eigenvalue weighted by Crippen LogP contribution is 2.30. The first kappa shape index (κ1) is 18.6. The van der Waals surface area contributed by atoms with E-state index in [1.54, 1.807) is 36.0 Å². The Balaban J connectivity index is 1.53. The summed E-state index contributed by atoms with van der Waals surface area (Å²) >= 11 is 1.69. The summed E-state index contributed by atoms with van der Waals surface area (Å²) in [5.41, 5.74) is 0.516. The quantitative estimate of drug-likeness (QED) is 0.626. The summed E-state index contributed by atoms with van der Waals surface area (Å²) in [6.07, 6.45) is 3.20. The molecule has 1 aliphatic rings. The average molecular weight is 398 g/mol. The molecule has 1 fully saturated rings. The van der Waals surface area contributed by atoms with E-state index in [0.29, 0.717) is 11.4 Å². The third kappa shape index (κ3) is 3.64. The van der Waals surface area contributed by atoms with Crippen molar-refractivity contribution in [3.05, 3.63) is 41.2 Å². The first-order valence-corrected chi connectivity index (χ1v) is 10.2. The number of hydrogen-bond acceptors (Lipinski definition) is 8. The average Bonchev–Trinajstić information content (AvgIpc) is 3.08. The molecule has 146 valence electrons. The first-order chi connectivity index (χ1) is 13.5. The molecule has 0 amide bonds. The van der Waals surface area contributed by atoms with Crippen LogP contribution >= 0.6 is 11.3 Å². The third-order valence-electron chi connectivity index (χ3n) is 4.66. The minimum atomic E-state index is -0.327. The van der Waals surface area contributed by atoms with Gasteiger partial charge in [-0.3, -0.25) is 0 Å². The number of aryl methyl sites for hydroxylation is 1. The lowest BCUT2D eigenvalue weighted by Gasteiger charge is -2.36. The molecule has 4 heterocycles. The van der Waals surface area contributed by atoms with Gasteiger partial charge in [0.2, 0.25) is 0 Å². The number of ether oxygens (including phenoxy) is 1. The Bertz CT molecular complexity index is 995. The summed E-state index contributed by atoms with van der Waals surface area (Å²) in [5.74, 6) is 1.34. The van der Waals surface area contributed by atoms with Gasteiger partial charge in [0.05, 0.1) is 11.5 Å². The van der Waals surface area contributed by atoms with Crippen molar-refractivity contribution in [3.63, 3.8) is 0 Å². The normalized spacial score (nSPS) is 14.7. The number of pyridine rings is 1. The molecule has 0 N–H and O–H groups in total. The van der Waals surface area contributed by atoms with Crippen molar-refractivity contribution in [1.29, 1.82) is 0 Å². The number of carbonyl (C=O) groups excluding carboxylic acids is 1. The molecule has 1 saturated heterocycles. The van der Waals surface area contributed by atoms with Gasteiger partial charge in [0.15, 0.2) is 0 Å². The zero-order valence-corrected chi connectivity index (χ0v) is 17.1. The molecule has 0 bridgehead atoms. The Morgan fingerprint density at radius 3 is 2.54 bits per heavy atom. The predicted octanol–water partition coefficient (Wildman–Crippen LogP) is 3.29. The number of anilines is 2. The van der Waals surface area contributed by atoms with Crippen molar-refractivity contribution in [1.82, 2.24) is 15.0 Å². The van der Waals surface area contributed by atoms with Gasteiger partial charge in [0.25, 0.3) is 0 Å². The number of piperazine rings is 1. The summed E-state index contributed by atoms with van der Waals surface area (Å²) in [7, 11) is 0. The van der Waals surface area contributed by atoms with Crippen LogP contribution in [-0.2, 0) is 4.74 Å². The van der Waals surface area contributed by atoms with E-state index in [1.165, 1.54) is 4.88 Å². The lowest BCUT2D eigenvalue weighted by molar-refractivity contribution is 0.0378. The van der Waals surface area contributed by atoms with Gasteiger partial charge in [-0.25, -0.2) is 19.7 Å². The van der Waals surface area contributed by atoms with Crippen LogP contribution in [0, 0.1) is 6.92 Å². The summed E-state index contributed by atoms with van der Waals surface area (Å²) in [6, 6.07) is 5.70. The van der Waals surface area contributed by atoms with Crippen LogP contribution in [0.1, 0.15) is 29.1 Å². The third-order valence-corrected chi connectivity index (χ3v) is 5.62. The van der Waals surface area contributed by atoms with E-state index < -0.39 is 0 Å². The Kier molecular flexibility index (Phi) is 5.13. The van der Waals surface area contributed by atoms with Gasteiger partial charge in [-0.2, -0.15) is 0 Å². The topological polar surface area (TPSA) is 71.5 Å². The molecule has 3 aromatic heterocycles. The number of carbonyl (C=O) groups is 1. The zero-order valence-electron chi connectivity index (χ0n) is 16.3. The fraction of sp³-hybridized carbons (Fsp3) is 0.400. The molecule has 0 unspecified atom stereocenters. The van der Waals surface area contributed by atoms with Crippen LogP contribution in [0.3, 0.4) is 0 Å². The number of thiophene rings is 1. The van der Waals surface area contributed by atoms with Crippen LogP contribution in [0.25, 0.3) is 10.2 Å². The fourth-order valence-electron chi connectivity index (χ4n) is 3.43. The highest BCUT2D eigenvalue weighted by molar-refractivity contribution is 7.18. The molecule has 0 aliphatic carbocycles. The number of aromatic nitrogens is 3. The van der Waals surface area contributed by atoms with E-state index in [4.69, 9.17) is 4.74 Å². The van der Waals surface area contributed by atoms with Gasteiger partial charge in [-0.05, 0) is 39.0 Å². The fourth-order valence-corrected chi connectivity index (χ4v) is 4.27. The second-order valence-electron chi connectivity index (χ2n) is 7.08. The number of nitrogens with zero attached hydrogens (tertiary/aromatic N) is 5. The number of rotatable bonds is 4. The second kappa shape index (κ2) is 7.71. The van der Waals surface area contributed by atoms with Crippen LogP contribution < -0.4 is 9.80 Å². The van der Waals surface area contributed by atoms with Crippen molar-refractivity contribution < 1.29 is 9.53 Å². The number of esters is 1. The molecule has 4 rings (SSSR count). The predicted molar refractivity (Wildman–Crippen MR) is 111 cm³/mol. The van der Waals surface area contributed by atoms with Crippen LogP contribution in [0.5, 0.6) is 0 Å². The summed E-state index contributed by atoms with van der Waals surface area (Å²) in [5, 5.41) is 1.11. The molecular weight excluding hydrogens is 374 g/mol. The molecule has 28 heavy (non-hydrogen) atoms. The molecule has 0 spiro atoms. The second-order valence-corrected chi connectivity index (χ2v) is 8.31. The Morgan fingerprint density at radius 1 is 1.11 bits per heavy atom. The largest absolute Gasteiger partial charge is 0.459 e. The van der Waals surface area contributed by atoms with Gasteiger partial charge in [0, 0.05) is 37.3 Å². The van der Waals surface area contributed by atoms with E-state index in [9.17, 15) is 4.79 Å². The summed E-state index contributed by atoms with van der Waals surface area (Å²) < 4.78 is 5.38. The smallest absolute Gasteiger partial charge is 0.342 e. The minimum absolute atomic E-state index is 0.161. The maximum atomic E-state index is 12.4. The Hall–Kier alpha value is -2.74. The minimum Gasteiger partial charge on any atom is -0.459 e. The van der Waals surface area contributed by atoms with Crippen molar-refractivity contribution in [2.75, 3.05) is 36.0 Å². The van der Waals surface area contributed by atoms with Crippen molar-refractivity contribution in [2.45, 2.75) is 26.9 Å². The lowest BCUT2D eigenvalue weighted by atomic mass is 10.2. The standard InChI is InChI=1S/C20H23N5O2S/c1-13(2)27-20(26)15-5-4-6-21-17(15)24-7-9-25(10-8-24)18-16-11-14(3)28-19(16)23-12-22-18/h4-6,11-13H,7-10H2,1-3H3. The van der Waals surface area contributed by atoms with Gasteiger partial charge < -0.3 is 14.5 Å². The number of hydrogen-bond donors (Lipinski definition) is 0. The summed E-state index contributed by atoms with van der Waals surface area (Å²) in [6.45, 7) is 8.91. The van der Waals surface area contributed by atoms with Gasteiger partial charge in [-0.15, -0.1) is 11.3 Å². The van der Waals surface area contributed by atoms with Crippen molar-refractivity contribution >= 4 is 39.2 Å². The van der Waals surface area contributed by atoms with Crippen LogP contribution in [0.2, 0.25) is 0 Å². The molecule has 0 radical (unpaired) electrons. The van der Waals surface area contributed by atoms with Crippen molar-refractivity contribution in [2.24, 2.45) is 0 Å². The van der Waals surface area contributed by atoms with Crippen LogP contribution in [0.15, 0.2) is 30.7 Å². The van der Waals surface area contributed by atoms with Gasteiger partial charge >= 0.3 is 5.97 Å². The molecule has 0 atom stereocenters. The van der Waals surface area contributed by atoms with Crippen LogP contribution in [0.4, 0.5) is 11.6 Å². The molecule has 0 aromatic carbocycles. The van der Waals surface area contributed by atoms with E-state index >= 15 is 0 Å². The SMILES string of the molecule is Cc1cc2c(N3CCN(c4ncccc4C(=O)OC(C)C)CC3)ncnc2s1. The van der Waals surface area contributed by atoms with E-state index in [0.717, 1.165) is 42.2 Å². The maximum absolute atomic E-state index is 12.4. The zero-order chi connectivity index (χ0) is 19.7. The highest BCUT2D eigenvalue weighted by atomic mass is 32.1. The monoisotopic (exact) mass is 397 g/mol. The Morgan fingerprint density at radius 2 is 1.82 bits per heavy atom. The first-order valence-electron chi connectivity index (χ1n) is 9.40. The van der Waals surface area contributed by atoms with E-state index in [2.05, 4.69) is 37.7 Å². The van der Waals surface area contributed by atoms with Crippen molar-refractivity contribution in [3.8, 4) is 0 Å². The lowest BCUT2D eigenvalue weighted by Crippen LogP contribution is -2.47. The van der Waals surface area contributed by atoms with Crippen LogP contribution in [-0.4, -0.2) is 53.2 Å².